The van der Waals surface area contributed by atoms with Crippen molar-refractivity contribution in [2.75, 3.05) is 13.1 Å². The van der Waals surface area contributed by atoms with Crippen LogP contribution in [0, 0.1) is 5.92 Å². The van der Waals surface area contributed by atoms with Gasteiger partial charge < -0.3 is 10.6 Å². The molecule has 1 aromatic rings. The zero-order chi connectivity index (χ0) is 13.3. The Balaban J connectivity index is 1.60. The van der Waals surface area contributed by atoms with E-state index >= 15 is 0 Å². The van der Waals surface area contributed by atoms with E-state index in [1.165, 1.54) is 44.2 Å². The normalized spacial score (nSPS) is 23.4. The van der Waals surface area contributed by atoms with Crippen molar-refractivity contribution < 1.29 is 0 Å². The van der Waals surface area contributed by atoms with Crippen molar-refractivity contribution in [3.05, 3.63) is 35.9 Å². The molecule has 2 N–H and O–H groups in total. The lowest BCUT2D eigenvalue weighted by Crippen LogP contribution is -2.39. The molecular weight excluding hydrogens is 232 g/mol. The van der Waals surface area contributed by atoms with Gasteiger partial charge in [0.2, 0.25) is 0 Å². The van der Waals surface area contributed by atoms with Crippen molar-refractivity contribution >= 4 is 0 Å². The van der Waals surface area contributed by atoms with Gasteiger partial charge in [-0.3, -0.25) is 0 Å². The number of benzene rings is 1. The summed E-state index contributed by atoms with van der Waals surface area (Å²) in [4.78, 5) is 0. The molecule has 0 radical (unpaired) electrons. The second kappa shape index (κ2) is 8.34. The second-order valence-electron chi connectivity index (χ2n) is 5.78. The maximum absolute atomic E-state index is 3.67. The molecule has 2 atom stereocenters. The summed E-state index contributed by atoms with van der Waals surface area (Å²) in [5.74, 6) is 0.963. The van der Waals surface area contributed by atoms with Crippen LogP contribution in [-0.2, 0) is 6.54 Å². The maximum Gasteiger partial charge on any atom is 0.0205 e. The fraction of sp³-hybridized carbons (Fsp3) is 0.647. The molecule has 0 aliphatic carbocycles. The minimum atomic E-state index is 0.730. The molecule has 106 valence electrons. The molecule has 2 nitrogen and oxygen atoms in total. The summed E-state index contributed by atoms with van der Waals surface area (Å²) in [5, 5.41) is 7.22. The van der Waals surface area contributed by atoms with Gasteiger partial charge in [-0.05, 0) is 43.8 Å². The van der Waals surface area contributed by atoms with E-state index in [0.717, 1.165) is 25.0 Å². The van der Waals surface area contributed by atoms with Crippen molar-refractivity contribution in [1.29, 1.82) is 0 Å². The number of nitrogens with one attached hydrogen (secondary N) is 2. The van der Waals surface area contributed by atoms with E-state index in [1.807, 2.05) is 0 Å². The monoisotopic (exact) mass is 260 g/mol. The van der Waals surface area contributed by atoms with Gasteiger partial charge in [-0.2, -0.15) is 0 Å². The molecule has 2 unspecified atom stereocenters. The molecule has 2 rings (SSSR count). The Morgan fingerprint density at radius 3 is 2.84 bits per heavy atom. The standard InChI is InChI=1S/C17H28N2/c1-2-6-15-9-12-19-17(13-15)10-11-18-14-16-7-4-3-5-8-16/h3-5,7-8,15,17-19H,2,6,9-14H2,1H3. The highest BCUT2D eigenvalue weighted by atomic mass is 14.9. The summed E-state index contributed by atoms with van der Waals surface area (Å²) < 4.78 is 0. The van der Waals surface area contributed by atoms with Crippen LogP contribution in [0.2, 0.25) is 0 Å². The van der Waals surface area contributed by atoms with Gasteiger partial charge >= 0.3 is 0 Å². The van der Waals surface area contributed by atoms with Gasteiger partial charge in [-0.25, -0.2) is 0 Å². The van der Waals surface area contributed by atoms with Crippen LogP contribution in [-0.4, -0.2) is 19.1 Å². The SMILES string of the molecule is CCCC1CCNC(CCNCc2ccccc2)C1. The smallest absolute Gasteiger partial charge is 0.0205 e. The molecule has 0 saturated carbocycles. The van der Waals surface area contributed by atoms with Crippen LogP contribution in [0.1, 0.15) is 44.6 Å². The zero-order valence-electron chi connectivity index (χ0n) is 12.2. The van der Waals surface area contributed by atoms with Crippen LogP contribution in [0.3, 0.4) is 0 Å². The zero-order valence-corrected chi connectivity index (χ0v) is 12.2. The predicted octanol–water partition coefficient (Wildman–Crippen LogP) is 3.33. The molecule has 1 fully saturated rings. The topological polar surface area (TPSA) is 24.1 Å². The molecule has 19 heavy (non-hydrogen) atoms. The van der Waals surface area contributed by atoms with Crippen molar-refractivity contribution in [3.8, 4) is 0 Å². The molecule has 2 heteroatoms. The van der Waals surface area contributed by atoms with Crippen molar-refractivity contribution in [2.24, 2.45) is 5.92 Å². The lowest BCUT2D eigenvalue weighted by atomic mass is 9.88. The molecule has 0 spiro atoms. The third-order valence-electron chi connectivity index (χ3n) is 4.14. The third-order valence-corrected chi connectivity index (χ3v) is 4.14. The number of hydrogen-bond donors (Lipinski definition) is 2. The van der Waals surface area contributed by atoms with E-state index in [-0.39, 0.29) is 0 Å². The Morgan fingerprint density at radius 2 is 2.05 bits per heavy atom. The lowest BCUT2D eigenvalue weighted by molar-refractivity contribution is 0.275. The highest BCUT2D eigenvalue weighted by Gasteiger charge is 2.19. The van der Waals surface area contributed by atoms with Crippen LogP contribution in [0.15, 0.2) is 30.3 Å². The van der Waals surface area contributed by atoms with Gasteiger partial charge in [0, 0.05) is 12.6 Å². The Bertz CT molecular complexity index is 334. The number of piperidine rings is 1. The Hall–Kier alpha value is -0.860. The van der Waals surface area contributed by atoms with E-state index in [9.17, 15) is 0 Å². The summed E-state index contributed by atoms with van der Waals surface area (Å²) in [7, 11) is 0. The molecule has 1 heterocycles. The van der Waals surface area contributed by atoms with E-state index in [0.29, 0.717) is 0 Å². The maximum atomic E-state index is 3.67. The van der Waals surface area contributed by atoms with Gasteiger partial charge in [0.15, 0.2) is 0 Å². The number of rotatable bonds is 7. The second-order valence-corrected chi connectivity index (χ2v) is 5.78. The highest BCUT2D eigenvalue weighted by Crippen LogP contribution is 2.22. The van der Waals surface area contributed by atoms with Gasteiger partial charge in [-0.15, -0.1) is 0 Å². The third kappa shape index (κ3) is 5.33. The summed E-state index contributed by atoms with van der Waals surface area (Å²) >= 11 is 0. The molecule has 1 saturated heterocycles. The molecule has 1 aromatic carbocycles. The van der Waals surface area contributed by atoms with Crippen molar-refractivity contribution in [2.45, 2.75) is 51.6 Å². The first-order chi connectivity index (χ1) is 9.38. The molecule has 0 aromatic heterocycles. The quantitative estimate of drug-likeness (QED) is 0.735. The molecule has 0 bridgehead atoms. The van der Waals surface area contributed by atoms with Crippen molar-refractivity contribution in [3.63, 3.8) is 0 Å². The van der Waals surface area contributed by atoms with Gasteiger partial charge in [0.05, 0.1) is 0 Å². The van der Waals surface area contributed by atoms with Crippen LogP contribution in [0.5, 0.6) is 0 Å². The first-order valence-electron chi connectivity index (χ1n) is 7.86. The Kier molecular flexibility index (Phi) is 6.38. The molecule has 1 aliphatic rings. The van der Waals surface area contributed by atoms with E-state index in [4.69, 9.17) is 0 Å². The lowest BCUT2D eigenvalue weighted by Gasteiger charge is -2.30. The fourth-order valence-corrected chi connectivity index (χ4v) is 3.09. The van der Waals surface area contributed by atoms with Crippen LogP contribution < -0.4 is 10.6 Å². The fourth-order valence-electron chi connectivity index (χ4n) is 3.09. The average molecular weight is 260 g/mol. The first-order valence-corrected chi connectivity index (χ1v) is 7.86. The van der Waals surface area contributed by atoms with Crippen LogP contribution in [0.25, 0.3) is 0 Å². The summed E-state index contributed by atoms with van der Waals surface area (Å²) in [6.07, 6.45) is 6.76. The average Bonchev–Trinajstić information content (AvgIpc) is 2.46. The summed E-state index contributed by atoms with van der Waals surface area (Å²) in [6.45, 7) is 5.63. The van der Waals surface area contributed by atoms with Crippen molar-refractivity contribution in [1.82, 2.24) is 10.6 Å². The highest BCUT2D eigenvalue weighted by molar-refractivity contribution is 5.14. The largest absolute Gasteiger partial charge is 0.314 e. The summed E-state index contributed by atoms with van der Waals surface area (Å²) in [6, 6.07) is 11.4. The van der Waals surface area contributed by atoms with E-state index in [1.54, 1.807) is 0 Å². The molecular formula is C17H28N2. The molecule has 1 aliphatic heterocycles. The first kappa shape index (κ1) is 14.5. The van der Waals surface area contributed by atoms with E-state index < -0.39 is 0 Å². The minimum Gasteiger partial charge on any atom is -0.314 e. The van der Waals surface area contributed by atoms with Crippen LogP contribution in [0.4, 0.5) is 0 Å². The molecule has 0 amide bonds. The Labute approximate surface area is 118 Å². The number of hydrogen-bond acceptors (Lipinski definition) is 2. The van der Waals surface area contributed by atoms with Gasteiger partial charge in [0.1, 0.15) is 0 Å². The van der Waals surface area contributed by atoms with Gasteiger partial charge in [-0.1, -0.05) is 50.1 Å². The van der Waals surface area contributed by atoms with Gasteiger partial charge in [0.25, 0.3) is 0 Å². The van der Waals surface area contributed by atoms with E-state index in [2.05, 4.69) is 47.9 Å². The predicted molar refractivity (Wildman–Crippen MR) is 82.2 cm³/mol. The minimum absolute atomic E-state index is 0.730. The van der Waals surface area contributed by atoms with Crippen LogP contribution >= 0.6 is 0 Å². The Morgan fingerprint density at radius 1 is 1.21 bits per heavy atom. The summed E-state index contributed by atoms with van der Waals surface area (Å²) in [5.41, 5.74) is 1.38.